The number of nitrogens with one attached hydrogen (secondary N) is 1. The molecule has 1 heterocycles. The molecule has 0 aliphatic carbocycles. The fourth-order valence-electron chi connectivity index (χ4n) is 2.51. The smallest absolute Gasteiger partial charge is 0.337 e. The minimum absolute atomic E-state index is 0.161. The number of furan rings is 1. The number of rotatable bonds is 6. The van der Waals surface area contributed by atoms with E-state index in [1.54, 1.807) is 24.3 Å². The van der Waals surface area contributed by atoms with Crippen LogP contribution in [0.4, 0.5) is 5.69 Å². The number of para-hydroxylation sites is 1. The van der Waals surface area contributed by atoms with Crippen LogP contribution in [0.15, 0.2) is 65.3 Å². The van der Waals surface area contributed by atoms with Gasteiger partial charge in [-0.1, -0.05) is 24.3 Å². The average molecular weight is 365 g/mol. The van der Waals surface area contributed by atoms with Crippen molar-refractivity contribution in [1.29, 1.82) is 0 Å². The molecule has 6 heteroatoms. The van der Waals surface area contributed by atoms with E-state index in [2.05, 4.69) is 5.32 Å². The zero-order valence-electron chi connectivity index (χ0n) is 15.0. The molecule has 0 atom stereocenters. The summed E-state index contributed by atoms with van der Waals surface area (Å²) in [6, 6.07) is 16.0. The largest absolute Gasteiger partial charge is 0.489 e. The molecule has 138 valence electrons. The molecule has 1 amide bonds. The van der Waals surface area contributed by atoms with Crippen LogP contribution in [0.3, 0.4) is 0 Å². The van der Waals surface area contributed by atoms with Gasteiger partial charge in [0.1, 0.15) is 12.4 Å². The summed E-state index contributed by atoms with van der Waals surface area (Å²) >= 11 is 0. The lowest BCUT2D eigenvalue weighted by molar-refractivity contribution is 0.0600. The molecule has 3 aromatic rings. The Morgan fingerprint density at radius 2 is 1.85 bits per heavy atom. The van der Waals surface area contributed by atoms with Gasteiger partial charge in [0, 0.05) is 11.3 Å². The number of benzene rings is 2. The lowest BCUT2D eigenvalue weighted by atomic mass is 10.1. The van der Waals surface area contributed by atoms with Crippen molar-refractivity contribution in [3.05, 3.63) is 83.3 Å². The van der Waals surface area contributed by atoms with E-state index in [4.69, 9.17) is 13.9 Å². The van der Waals surface area contributed by atoms with Crippen molar-refractivity contribution in [2.75, 3.05) is 12.4 Å². The number of ether oxygens (including phenoxy) is 2. The number of amides is 1. The Bertz CT molecular complexity index is 946. The number of esters is 1. The first-order valence-corrected chi connectivity index (χ1v) is 8.33. The number of hydrogen-bond acceptors (Lipinski definition) is 5. The highest BCUT2D eigenvalue weighted by Gasteiger charge is 2.18. The zero-order chi connectivity index (χ0) is 19.2. The minimum Gasteiger partial charge on any atom is -0.489 e. The van der Waals surface area contributed by atoms with Crippen LogP contribution in [0.2, 0.25) is 0 Å². The highest BCUT2D eigenvalue weighted by molar-refractivity contribution is 6.04. The lowest BCUT2D eigenvalue weighted by Gasteiger charge is -2.10. The van der Waals surface area contributed by atoms with E-state index < -0.39 is 11.9 Å². The van der Waals surface area contributed by atoms with E-state index in [1.807, 2.05) is 37.3 Å². The maximum absolute atomic E-state index is 12.6. The molecule has 0 bridgehead atoms. The Morgan fingerprint density at radius 1 is 1.07 bits per heavy atom. The number of hydrogen-bond donors (Lipinski definition) is 1. The molecule has 0 fully saturated rings. The van der Waals surface area contributed by atoms with Crippen LogP contribution in [0.1, 0.15) is 32.0 Å². The summed E-state index contributed by atoms with van der Waals surface area (Å²) in [4.78, 5) is 24.3. The summed E-state index contributed by atoms with van der Waals surface area (Å²) in [5, 5.41) is 2.77. The van der Waals surface area contributed by atoms with Gasteiger partial charge in [0.2, 0.25) is 0 Å². The van der Waals surface area contributed by atoms with Gasteiger partial charge in [-0.2, -0.15) is 0 Å². The third-order valence-electron chi connectivity index (χ3n) is 4.00. The fourth-order valence-corrected chi connectivity index (χ4v) is 2.51. The van der Waals surface area contributed by atoms with Crippen LogP contribution in [-0.2, 0) is 11.3 Å². The SMILES string of the molecule is COC(=O)c1ccc(C)c(NC(=O)c2occc2COc2ccccc2)c1. The Kier molecular flexibility index (Phi) is 5.56. The molecule has 0 radical (unpaired) electrons. The lowest BCUT2D eigenvalue weighted by Crippen LogP contribution is -2.15. The van der Waals surface area contributed by atoms with Gasteiger partial charge in [-0.05, 0) is 42.8 Å². The predicted molar refractivity (Wildman–Crippen MR) is 100.0 cm³/mol. The van der Waals surface area contributed by atoms with Gasteiger partial charge in [-0.15, -0.1) is 0 Å². The highest BCUT2D eigenvalue weighted by Crippen LogP contribution is 2.21. The second kappa shape index (κ2) is 8.23. The number of methoxy groups -OCH3 is 1. The van der Waals surface area contributed by atoms with Crippen molar-refractivity contribution in [3.8, 4) is 5.75 Å². The summed E-state index contributed by atoms with van der Waals surface area (Å²) in [5.41, 5.74) is 2.29. The maximum atomic E-state index is 12.6. The first-order valence-electron chi connectivity index (χ1n) is 8.33. The zero-order valence-corrected chi connectivity index (χ0v) is 15.0. The summed E-state index contributed by atoms with van der Waals surface area (Å²) in [6.45, 7) is 2.03. The molecule has 3 rings (SSSR count). The van der Waals surface area contributed by atoms with Gasteiger partial charge < -0.3 is 19.2 Å². The summed E-state index contributed by atoms with van der Waals surface area (Å²) in [7, 11) is 1.31. The third-order valence-corrected chi connectivity index (χ3v) is 4.00. The second-order valence-electron chi connectivity index (χ2n) is 5.85. The van der Waals surface area contributed by atoms with Gasteiger partial charge in [-0.3, -0.25) is 4.79 Å². The molecular weight excluding hydrogens is 346 g/mol. The molecule has 0 saturated heterocycles. The van der Waals surface area contributed by atoms with E-state index in [1.165, 1.54) is 13.4 Å². The van der Waals surface area contributed by atoms with E-state index in [-0.39, 0.29) is 12.4 Å². The number of carbonyl (C=O) groups is 2. The summed E-state index contributed by atoms with van der Waals surface area (Å²) < 4.78 is 15.7. The number of carbonyl (C=O) groups excluding carboxylic acids is 2. The molecule has 2 aromatic carbocycles. The topological polar surface area (TPSA) is 77.8 Å². The number of aryl methyl sites for hydroxylation is 1. The molecule has 0 saturated carbocycles. The second-order valence-corrected chi connectivity index (χ2v) is 5.85. The van der Waals surface area contributed by atoms with Gasteiger partial charge in [0.15, 0.2) is 5.76 Å². The predicted octanol–water partition coefficient (Wildman–Crippen LogP) is 4.21. The quantitative estimate of drug-likeness (QED) is 0.662. The van der Waals surface area contributed by atoms with Crippen LogP contribution in [-0.4, -0.2) is 19.0 Å². The van der Waals surface area contributed by atoms with Crippen LogP contribution in [0, 0.1) is 6.92 Å². The maximum Gasteiger partial charge on any atom is 0.337 e. The van der Waals surface area contributed by atoms with Crippen molar-refractivity contribution in [2.45, 2.75) is 13.5 Å². The molecule has 0 aliphatic heterocycles. The van der Waals surface area contributed by atoms with E-state index >= 15 is 0 Å². The number of anilines is 1. The standard InChI is InChI=1S/C21H19NO5/c1-14-8-9-15(21(24)25-2)12-18(14)22-20(23)19-16(10-11-26-19)13-27-17-6-4-3-5-7-17/h3-12H,13H2,1-2H3,(H,22,23). The molecule has 6 nitrogen and oxygen atoms in total. The Labute approximate surface area is 156 Å². The summed E-state index contributed by atoms with van der Waals surface area (Å²) in [5.74, 6) is -0.0299. The van der Waals surface area contributed by atoms with Gasteiger partial charge in [-0.25, -0.2) is 4.79 Å². The van der Waals surface area contributed by atoms with Gasteiger partial charge in [0.05, 0.1) is 18.9 Å². The summed E-state index contributed by atoms with van der Waals surface area (Å²) in [6.07, 6.45) is 1.44. The minimum atomic E-state index is -0.472. The van der Waals surface area contributed by atoms with Crippen molar-refractivity contribution >= 4 is 17.6 Å². The van der Waals surface area contributed by atoms with Crippen LogP contribution in [0.25, 0.3) is 0 Å². The Hall–Kier alpha value is -3.54. The monoisotopic (exact) mass is 365 g/mol. The van der Waals surface area contributed by atoms with Gasteiger partial charge in [0.25, 0.3) is 5.91 Å². The molecule has 1 aromatic heterocycles. The molecule has 0 aliphatic rings. The van der Waals surface area contributed by atoms with E-state index in [0.717, 1.165) is 5.56 Å². The first kappa shape index (κ1) is 18.3. The van der Waals surface area contributed by atoms with Crippen molar-refractivity contribution in [3.63, 3.8) is 0 Å². The molecule has 0 spiro atoms. The van der Waals surface area contributed by atoms with Crippen molar-refractivity contribution in [1.82, 2.24) is 0 Å². The van der Waals surface area contributed by atoms with Crippen molar-refractivity contribution in [2.24, 2.45) is 0 Å². The van der Waals surface area contributed by atoms with E-state index in [0.29, 0.717) is 22.6 Å². The average Bonchev–Trinajstić information content (AvgIpc) is 3.17. The normalized spacial score (nSPS) is 10.3. The van der Waals surface area contributed by atoms with Crippen LogP contribution in [0.5, 0.6) is 5.75 Å². The van der Waals surface area contributed by atoms with Crippen LogP contribution < -0.4 is 10.1 Å². The van der Waals surface area contributed by atoms with Crippen LogP contribution >= 0.6 is 0 Å². The molecule has 0 unspecified atom stereocenters. The van der Waals surface area contributed by atoms with E-state index in [9.17, 15) is 9.59 Å². The molecule has 27 heavy (non-hydrogen) atoms. The Morgan fingerprint density at radius 3 is 2.59 bits per heavy atom. The van der Waals surface area contributed by atoms with Gasteiger partial charge >= 0.3 is 5.97 Å². The molecular formula is C21H19NO5. The highest BCUT2D eigenvalue weighted by atomic mass is 16.5. The fraction of sp³-hybridized carbons (Fsp3) is 0.143. The first-order chi connectivity index (χ1) is 13.1. The Balaban J connectivity index is 1.74. The van der Waals surface area contributed by atoms with Crippen molar-refractivity contribution < 1.29 is 23.5 Å². The molecule has 1 N–H and O–H groups in total. The third kappa shape index (κ3) is 4.36.